The third kappa shape index (κ3) is 2.73. The predicted molar refractivity (Wildman–Crippen MR) is 84.1 cm³/mol. The van der Waals surface area contributed by atoms with E-state index in [1.54, 1.807) is 12.1 Å². The summed E-state index contributed by atoms with van der Waals surface area (Å²) in [4.78, 5) is 14.0. The fourth-order valence-electron chi connectivity index (χ4n) is 2.84. The standard InChI is InChI=1S/C18H17F2NO/c1-2-13-4-3-5-14-12-15(6-7-16(13)14)17(22)21-10-8-18(19,20)9-11-21/h2-7,12H,1,8-11H2. The summed E-state index contributed by atoms with van der Waals surface area (Å²) in [5.41, 5.74) is 1.55. The van der Waals surface area contributed by atoms with Crippen molar-refractivity contribution in [2.45, 2.75) is 18.8 Å². The highest BCUT2D eigenvalue weighted by atomic mass is 19.3. The number of likely N-dealkylation sites (tertiary alicyclic amines) is 1. The molecule has 0 spiro atoms. The second kappa shape index (κ2) is 5.52. The Balaban J connectivity index is 1.87. The van der Waals surface area contributed by atoms with Gasteiger partial charge in [0.1, 0.15) is 0 Å². The van der Waals surface area contributed by atoms with E-state index in [9.17, 15) is 13.6 Å². The summed E-state index contributed by atoms with van der Waals surface area (Å²) in [5, 5.41) is 1.98. The van der Waals surface area contributed by atoms with Crippen molar-refractivity contribution in [3.8, 4) is 0 Å². The number of alkyl halides is 2. The fourth-order valence-corrected chi connectivity index (χ4v) is 2.84. The van der Waals surface area contributed by atoms with E-state index in [2.05, 4.69) is 6.58 Å². The van der Waals surface area contributed by atoms with E-state index in [4.69, 9.17) is 0 Å². The molecule has 1 aliphatic rings. The molecule has 1 aliphatic heterocycles. The highest BCUT2D eigenvalue weighted by molar-refractivity contribution is 6.00. The Bertz CT molecular complexity index is 729. The maximum absolute atomic E-state index is 13.2. The number of amides is 1. The SMILES string of the molecule is C=Cc1cccc2cc(C(=O)N3CCC(F)(F)CC3)ccc12. The molecule has 0 N–H and O–H groups in total. The number of rotatable bonds is 2. The number of fused-ring (bicyclic) bond motifs is 1. The van der Waals surface area contributed by atoms with Crippen LogP contribution in [-0.2, 0) is 0 Å². The zero-order valence-corrected chi connectivity index (χ0v) is 12.2. The van der Waals surface area contributed by atoms with Gasteiger partial charge in [0.15, 0.2) is 0 Å². The monoisotopic (exact) mass is 301 g/mol. The summed E-state index contributed by atoms with van der Waals surface area (Å²) in [6, 6.07) is 11.3. The van der Waals surface area contributed by atoms with Crippen LogP contribution in [0, 0.1) is 0 Å². The largest absolute Gasteiger partial charge is 0.338 e. The normalized spacial score (nSPS) is 17.5. The van der Waals surface area contributed by atoms with E-state index >= 15 is 0 Å². The third-order valence-electron chi connectivity index (χ3n) is 4.16. The lowest BCUT2D eigenvalue weighted by Gasteiger charge is -2.31. The van der Waals surface area contributed by atoms with Crippen molar-refractivity contribution in [2.24, 2.45) is 0 Å². The molecule has 1 heterocycles. The van der Waals surface area contributed by atoms with E-state index in [-0.39, 0.29) is 31.8 Å². The molecule has 2 aromatic rings. The topological polar surface area (TPSA) is 20.3 Å². The van der Waals surface area contributed by atoms with Gasteiger partial charge in [-0.3, -0.25) is 4.79 Å². The summed E-state index contributed by atoms with van der Waals surface area (Å²) in [6.07, 6.45) is 1.26. The maximum atomic E-state index is 13.2. The van der Waals surface area contributed by atoms with Gasteiger partial charge in [-0.1, -0.05) is 36.9 Å². The van der Waals surface area contributed by atoms with Gasteiger partial charge in [0, 0.05) is 31.5 Å². The van der Waals surface area contributed by atoms with Crippen molar-refractivity contribution in [1.29, 1.82) is 0 Å². The fraction of sp³-hybridized carbons (Fsp3) is 0.278. The Kier molecular flexibility index (Phi) is 3.69. The lowest BCUT2D eigenvalue weighted by molar-refractivity contribution is -0.0494. The highest BCUT2D eigenvalue weighted by Gasteiger charge is 2.35. The molecule has 3 rings (SSSR count). The van der Waals surface area contributed by atoms with Gasteiger partial charge in [0.25, 0.3) is 11.8 Å². The zero-order valence-electron chi connectivity index (χ0n) is 12.2. The number of hydrogen-bond donors (Lipinski definition) is 0. The van der Waals surface area contributed by atoms with E-state index < -0.39 is 5.92 Å². The molecule has 2 aromatic carbocycles. The van der Waals surface area contributed by atoms with Crippen LogP contribution in [0.2, 0.25) is 0 Å². The number of piperidine rings is 1. The van der Waals surface area contributed by atoms with Crippen molar-refractivity contribution in [1.82, 2.24) is 4.90 Å². The molecule has 0 saturated carbocycles. The average molecular weight is 301 g/mol. The summed E-state index contributed by atoms with van der Waals surface area (Å²) in [5.74, 6) is -2.82. The first kappa shape index (κ1) is 14.7. The minimum atomic E-state index is -2.64. The van der Waals surface area contributed by atoms with Crippen LogP contribution in [-0.4, -0.2) is 29.8 Å². The number of carbonyl (C=O) groups excluding carboxylic acids is 1. The van der Waals surface area contributed by atoms with Gasteiger partial charge in [-0.2, -0.15) is 0 Å². The minimum absolute atomic E-state index is 0.108. The van der Waals surface area contributed by atoms with Crippen LogP contribution < -0.4 is 0 Å². The number of hydrogen-bond acceptors (Lipinski definition) is 1. The van der Waals surface area contributed by atoms with Crippen LogP contribution in [0.25, 0.3) is 16.8 Å². The number of benzene rings is 2. The van der Waals surface area contributed by atoms with Gasteiger partial charge in [0.05, 0.1) is 0 Å². The van der Waals surface area contributed by atoms with Gasteiger partial charge < -0.3 is 4.90 Å². The molecule has 1 fully saturated rings. The highest BCUT2D eigenvalue weighted by Crippen LogP contribution is 2.29. The second-order valence-electron chi connectivity index (χ2n) is 5.64. The lowest BCUT2D eigenvalue weighted by atomic mass is 10.0. The third-order valence-corrected chi connectivity index (χ3v) is 4.16. The lowest BCUT2D eigenvalue weighted by Crippen LogP contribution is -2.42. The van der Waals surface area contributed by atoms with E-state index in [1.165, 1.54) is 4.90 Å². The smallest absolute Gasteiger partial charge is 0.253 e. The molecule has 0 unspecified atom stereocenters. The predicted octanol–water partition coefficient (Wildman–Crippen LogP) is 4.35. The van der Waals surface area contributed by atoms with Crippen LogP contribution in [0.3, 0.4) is 0 Å². The van der Waals surface area contributed by atoms with Gasteiger partial charge in [0.2, 0.25) is 0 Å². The molecule has 114 valence electrons. The Labute approximate surface area is 128 Å². The summed E-state index contributed by atoms with van der Waals surface area (Å²) >= 11 is 0. The van der Waals surface area contributed by atoms with Gasteiger partial charge >= 0.3 is 0 Å². The Morgan fingerprint density at radius 3 is 2.59 bits per heavy atom. The molecule has 0 aliphatic carbocycles. The van der Waals surface area contributed by atoms with Crippen molar-refractivity contribution in [3.05, 3.63) is 54.1 Å². The van der Waals surface area contributed by atoms with Crippen LogP contribution in [0.1, 0.15) is 28.8 Å². The van der Waals surface area contributed by atoms with Crippen molar-refractivity contribution in [3.63, 3.8) is 0 Å². The quantitative estimate of drug-likeness (QED) is 0.807. The zero-order chi connectivity index (χ0) is 15.7. The summed E-state index contributed by atoms with van der Waals surface area (Å²) < 4.78 is 26.4. The molecule has 0 atom stereocenters. The number of halogens is 2. The molecule has 1 amide bonds. The van der Waals surface area contributed by atoms with Crippen LogP contribution in [0.15, 0.2) is 43.0 Å². The summed E-state index contributed by atoms with van der Waals surface area (Å²) in [7, 11) is 0. The van der Waals surface area contributed by atoms with Crippen molar-refractivity contribution >= 4 is 22.8 Å². The maximum Gasteiger partial charge on any atom is 0.253 e. The number of carbonyl (C=O) groups is 1. The van der Waals surface area contributed by atoms with Crippen LogP contribution in [0.5, 0.6) is 0 Å². The molecule has 1 saturated heterocycles. The minimum Gasteiger partial charge on any atom is -0.338 e. The molecular formula is C18H17F2NO. The molecular weight excluding hydrogens is 284 g/mol. The molecule has 2 nitrogen and oxygen atoms in total. The van der Waals surface area contributed by atoms with Gasteiger partial charge in [-0.25, -0.2) is 8.78 Å². The van der Waals surface area contributed by atoms with Crippen LogP contribution in [0.4, 0.5) is 8.78 Å². The second-order valence-corrected chi connectivity index (χ2v) is 5.64. The van der Waals surface area contributed by atoms with Crippen molar-refractivity contribution < 1.29 is 13.6 Å². The molecule has 0 bridgehead atoms. The van der Waals surface area contributed by atoms with E-state index in [0.717, 1.165) is 16.3 Å². The molecule has 0 aromatic heterocycles. The van der Waals surface area contributed by atoms with Crippen LogP contribution >= 0.6 is 0 Å². The first-order valence-electron chi connectivity index (χ1n) is 7.32. The Morgan fingerprint density at radius 1 is 1.18 bits per heavy atom. The van der Waals surface area contributed by atoms with Crippen molar-refractivity contribution in [2.75, 3.05) is 13.1 Å². The van der Waals surface area contributed by atoms with Gasteiger partial charge in [-0.05, 0) is 28.5 Å². The Hall–Kier alpha value is -2.23. The summed E-state index contributed by atoms with van der Waals surface area (Å²) in [6.45, 7) is 3.99. The number of nitrogens with zero attached hydrogens (tertiary/aromatic N) is 1. The first-order valence-corrected chi connectivity index (χ1v) is 7.32. The van der Waals surface area contributed by atoms with Gasteiger partial charge in [-0.15, -0.1) is 0 Å². The molecule has 4 heteroatoms. The average Bonchev–Trinajstić information content (AvgIpc) is 2.53. The first-order chi connectivity index (χ1) is 10.5. The van der Waals surface area contributed by atoms with E-state index in [0.29, 0.717) is 5.56 Å². The molecule has 0 radical (unpaired) electrons. The Morgan fingerprint density at radius 2 is 1.91 bits per heavy atom. The van der Waals surface area contributed by atoms with E-state index in [1.807, 2.05) is 30.3 Å². The molecule has 22 heavy (non-hydrogen) atoms.